The maximum Gasteiger partial charge on any atom is 0.0737 e. The summed E-state index contributed by atoms with van der Waals surface area (Å²) in [4.78, 5) is 0. The molecule has 0 aliphatic carbocycles. The maximum atomic E-state index is 5.15. The van der Waals surface area contributed by atoms with E-state index in [4.69, 9.17) is 33.0 Å². The first-order valence-electron chi connectivity index (χ1n) is 2.51. The molecule has 0 aliphatic heterocycles. The zero-order chi connectivity index (χ0) is 8.04. The SMILES string of the molecule is C#CCCOS(=S)(=S)SC. The highest BCUT2D eigenvalue weighted by Gasteiger charge is 1.96. The lowest BCUT2D eigenvalue weighted by Crippen LogP contribution is -1.97. The molecule has 0 atom stereocenters. The molecule has 58 valence electrons. The van der Waals surface area contributed by atoms with Crippen molar-refractivity contribution in [3.8, 4) is 12.3 Å². The van der Waals surface area contributed by atoms with E-state index < -0.39 is 6.46 Å². The summed E-state index contributed by atoms with van der Waals surface area (Å²) < 4.78 is 5.15. The highest BCUT2D eigenvalue weighted by atomic mass is 33.5. The monoisotopic (exact) mass is 212 g/mol. The van der Waals surface area contributed by atoms with Gasteiger partial charge in [-0.15, -0.1) is 12.3 Å². The summed E-state index contributed by atoms with van der Waals surface area (Å²) in [6.07, 6.45) is 7.44. The van der Waals surface area contributed by atoms with Crippen LogP contribution in [0.25, 0.3) is 0 Å². The van der Waals surface area contributed by atoms with Gasteiger partial charge in [0.15, 0.2) is 0 Å². The summed E-state index contributed by atoms with van der Waals surface area (Å²) in [6.45, 7) is -1.22. The predicted molar refractivity (Wildman–Crippen MR) is 55.0 cm³/mol. The minimum absolute atomic E-state index is 0.486. The van der Waals surface area contributed by atoms with E-state index >= 15 is 0 Å². The number of hydrogen-bond acceptors (Lipinski definition) is 4. The summed E-state index contributed by atoms with van der Waals surface area (Å²) in [5, 5.41) is 0. The van der Waals surface area contributed by atoms with Gasteiger partial charge in [-0.05, 0) is 28.6 Å². The van der Waals surface area contributed by atoms with Crippen LogP contribution in [0.1, 0.15) is 6.42 Å². The molecule has 0 N–H and O–H groups in total. The Balaban J connectivity index is 3.61. The highest BCUT2D eigenvalue weighted by molar-refractivity contribution is 8.96. The molecule has 0 unspecified atom stereocenters. The summed E-state index contributed by atoms with van der Waals surface area (Å²) in [7, 11) is 1.40. The van der Waals surface area contributed by atoms with Crippen LogP contribution in [-0.2, 0) is 33.0 Å². The lowest BCUT2D eigenvalue weighted by atomic mass is 10.5. The Morgan fingerprint density at radius 2 is 2.30 bits per heavy atom. The zero-order valence-electron chi connectivity index (χ0n) is 5.53. The highest BCUT2D eigenvalue weighted by Crippen LogP contribution is 2.10. The van der Waals surface area contributed by atoms with Gasteiger partial charge in [0.25, 0.3) is 0 Å². The molecule has 0 radical (unpaired) electrons. The minimum atomic E-state index is -1.70. The first-order chi connectivity index (χ1) is 4.62. The van der Waals surface area contributed by atoms with Gasteiger partial charge >= 0.3 is 0 Å². The number of rotatable bonds is 4. The zero-order valence-corrected chi connectivity index (χ0v) is 8.80. The molecule has 0 rings (SSSR count). The average molecular weight is 212 g/mol. The smallest absolute Gasteiger partial charge is 0.0737 e. The van der Waals surface area contributed by atoms with E-state index in [1.807, 2.05) is 6.26 Å². The predicted octanol–water partition coefficient (Wildman–Crippen LogP) is 1.30. The largest absolute Gasteiger partial charge is 0.301 e. The van der Waals surface area contributed by atoms with E-state index in [9.17, 15) is 0 Å². The molecule has 0 saturated carbocycles. The van der Waals surface area contributed by atoms with Crippen LogP contribution in [0.15, 0.2) is 0 Å². The Labute approximate surface area is 75.3 Å². The van der Waals surface area contributed by atoms with Crippen LogP contribution in [0.2, 0.25) is 0 Å². The maximum absolute atomic E-state index is 5.15. The molecule has 0 amide bonds. The number of hydrogen-bond donors (Lipinski definition) is 0. The quantitative estimate of drug-likeness (QED) is 0.394. The molecule has 0 bridgehead atoms. The molecular formula is C5H8OS4. The second kappa shape index (κ2) is 5.33. The second-order valence-electron chi connectivity index (χ2n) is 1.35. The van der Waals surface area contributed by atoms with Crippen molar-refractivity contribution in [2.45, 2.75) is 6.42 Å². The standard InChI is InChI=1S/C5H8OS4/c1-3-4-5-6-10(7,8)9-2/h1H,4-5H2,2H3. The van der Waals surface area contributed by atoms with Crippen molar-refractivity contribution in [1.82, 2.24) is 0 Å². The molecule has 0 heterocycles. The summed E-state index contributed by atoms with van der Waals surface area (Å²) in [6, 6.07) is 0. The van der Waals surface area contributed by atoms with E-state index in [0.29, 0.717) is 13.0 Å². The molecule has 0 aromatic carbocycles. The fraction of sp³-hybridized carbons (Fsp3) is 0.600. The molecule has 0 saturated heterocycles. The minimum Gasteiger partial charge on any atom is -0.301 e. The van der Waals surface area contributed by atoms with Gasteiger partial charge < -0.3 is 4.18 Å². The molecule has 0 fully saturated rings. The molecule has 5 heteroatoms. The van der Waals surface area contributed by atoms with E-state index in [-0.39, 0.29) is 0 Å². The van der Waals surface area contributed by atoms with Gasteiger partial charge in [-0.3, -0.25) is 0 Å². The van der Waals surface area contributed by atoms with E-state index in [1.165, 1.54) is 10.8 Å². The molecule has 0 aromatic heterocycles. The van der Waals surface area contributed by atoms with Crippen LogP contribution in [0.4, 0.5) is 0 Å². The Hall–Kier alpha value is 0.660. The van der Waals surface area contributed by atoms with Crippen LogP contribution < -0.4 is 0 Å². The van der Waals surface area contributed by atoms with Crippen molar-refractivity contribution >= 4 is 39.6 Å². The van der Waals surface area contributed by atoms with Crippen molar-refractivity contribution in [3.05, 3.63) is 0 Å². The summed E-state index contributed by atoms with van der Waals surface area (Å²) in [5.41, 5.74) is 0. The Morgan fingerprint density at radius 3 is 2.70 bits per heavy atom. The third-order valence-corrected chi connectivity index (χ3v) is 6.08. The van der Waals surface area contributed by atoms with Crippen molar-refractivity contribution in [2.75, 3.05) is 12.9 Å². The molecule has 1 nitrogen and oxygen atoms in total. The Morgan fingerprint density at radius 1 is 1.70 bits per heavy atom. The van der Waals surface area contributed by atoms with Gasteiger partial charge in [-0.25, -0.2) is 0 Å². The Bertz CT molecular complexity index is 210. The van der Waals surface area contributed by atoms with Crippen LogP contribution in [0.3, 0.4) is 0 Å². The normalized spacial score (nSPS) is 10.8. The fourth-order valence-electron chi connectivity index (χ4n) is 0.251. The van der Waals surface area contributed by atoms with Crippen LogP contribution in [0, 0.1) is 12.3 Å². The van der Waals surface area contributed by atoms with E-state index in [1.54, 1.807) is 0 Å². The average Bonchev–Trinajstić information content (AvgIpc) is 1.89. The van der Waals surface area contributed by atoms with Crippen molar-refractivity contribution in [1.29, 1.82) is 0 Å². The van der Waals surface area contributed by atoms with Gasteiger partial charge in [-0.1, -0.05) is 10.8 Å². The topological polar surface area (TPSA) is 9.23 Å². The lowest BCUT2D eigenvalue weighted by Gasteiger charge is -2.04. The summed E-state index contributed by atoms with van der Waals surface area (Å²) in [5.74, 6) is 2.45. The molecule has 10 heavy (non-hydrogen) atoms. The number of terminal acetylenes is 1. The lowest BCUT2D eigenvalue weighted by molar-refractivity contribution is 0.386. The van der Waals surface area contributed by atoms with E-state index in [2.05, 4.69) is 5.92 Å². The van der Waals surface area contributed by atoms with Gasteiger partial charge in [0.1, 0.15) is 0 Å². The third-order valence-electron chi connectivity index (χ3n) is 0.678. The van der Waals surface area contributed by atoms with Gasteiger partial charge in [0, 0.05) is 6.42 Å². The van der Waals surface area contributed by atoms with Crippen LogP contribution in [0.5, 0.6) is 0 Å². The third kappa shape index (κ3) is 5.45. The molecule has 0 aliphatic rings. The molecular weight excluding hydrogens is 204 g/mol. The van der Waals surface area contributed by atoms with Crippen molar-refractivity contribution in [3.63, 3.8) is 0 Å². The van der Waals surface area contributed by atoms with Gasteiger partial charge in [0.05, 0.1) is 13.1 Å². The molecule has 0 aromatic rings. The van der Waals surface area contributed by atoms with Gasteiger partial charge in [-0.2, -0.15) is 0 Å². The van der Waals surface area contributed by atoms with Gasteiger partial charge in [0.2, 0.25) is 0 Å². The second-order valence-corrected chi connectivity index (χ2v) is 9.86. The van der Waals surface area contributed by atoms with E-state index in [0.717, 1.165) is 0 Å². The first kappa shape index (κ1) is 10.7. The first-order valence-corrected chi connectivity index (χ1v) is 7.66. The summed E-state index contributed by atoms with van der Waals surface area (Å²) >= 11 is 9.86. The Kier molecular flexibility index (Phi) is 5.68. The van der Waals surface area contributed by atoms with Crippen molar-refractivity contribution < 1.29 is 4.18 Å². The van der Waals surface area contributed by atoms with Crippen LogP contribution in [-0.4, -0.2) is 12.9 Å². The molecule has 0 spiro atoms. The van der Waals surface area contributed by atoms with Crippen molar-refractivity contribution in [2.24, 2.45) is 0 Å². The van der Waals surface area contributed by atoms with Crippen LogP contribution >= 0.6 is 10.8 Å². The fourth-order valence-corrected chi connectivity index (χ4v) is 1.54.